The van der Waals surface area contributed by atoms with Crippen molar-refractivity contribution in [2.45, 2.75) is 161 Å². The first kappa shape index (κ1) is 76.6. The van der Waals surface area contributed by atoms with Gasteiger partial charge in [-0.15, -0.1) is 0 Å². The molecule has 3 spiro atoms. The average molecular weight is 1400 g/mol. The number of aryl methyl sites for hydroxylation is 3. The molecule has 6 aliphatic rings. The lowest BCUT2D eigenvalue weighted by Crippen LogP contribution is -2.58. The Bertz CT molecular complexity index is 4130. The van der Waals surface area contributed by atoms with Crippen LogP contribution in [0.15, 0.2) is 132 Å². The van der Waals surface area contributed by atoms with E-state index in [-0.39, 0.29) is 71.0 Å². The Balaban J connectivity index is 0.000000179. The van der Waals surface area contributed by atoms with Crippen LogP contribution in [0.2, 0.25) is 0 Å². The molecule has 6 saturated heterocycles. The van der Waals surface area contributed by atoms with Crippen molar-refractivity contribution in [1.29, 1.82) is 5.26 Å². The molecule has 538 valence electrons. The van der Waals surface area contributed by atoms with Gasteiger partial charge in [0.1, 0.15) is 0 Å². The normalized spacial score (nSPS) is 16.8. The second-order valence-corrected chi connectivity index (χ2v) is 27.3. The zero-order valence-electron chi connectivity index (χ0n) is 59.3. The van der Waals surface area contributed by atoms with E-state index in [0.717, 1.165) is 98.4 Å². The van der Waals surface area contributed by atoms with Crippen LogP contribution >= 0.6 is 0 Å². The first-order valence-electron chi connectivity index (χ1n) is 34.1. The maximum absolute atomic E-state index is 13.3. The molecule has 6 aromatic carbocycles. The molecule has 0 atom stereocenters. The van der Waals surface area contributed by atoms with E-state index >= 15 is 0 Å². The molecule has 0 saturated carbocycles. The van der Waals surface area contributed by atoms with Crippen LogP contribution in [0.25, 0.3) is 0 Å². The van der Waals surface area contributed by atoms with Crippen LogP contribution in [0.4, 0.5) is 60.8 Å². The van der Waals surface area contributed by atoms with Gasteiger partial charge in [-0.3, -0.25) is 55.6 Å². The molecule has 0 aromatic heterocycles. The van der Waals surface area contributed by atoms with Crippen molar-refractivity contribution in [1.82, 2.24) is 31.7 Å². The Kier molecular flexibility index (Phi) is 25.4. The minimum atomic E-state index is -0.598. The number of urea groups is 2. The van der Waals surface area contributed by atoms with Crippen molar-refractivity contribution < 1.29 is 43.5 Å². The molecule has 6 fully saturated rings. The second kappa shape index (κ2) is 33.8. The fourth-order valence-electron chi connectivity index (χ4n) is 13.7. The van der Waals surface area contributed by atoms with E-state index in [2.05, 4.69) is 93.6 Å². The highest BCUT2D eigenvalue weighted by atomic mass is 16.6. The van der Waals surface area contributed by atoms with Crippen molar-refractivity contribution in [2.24, 2.45) is 4.99 Å². The van der Waals surface area contributed by atoms with Gasteiger partial charge in [0.05, 0.1) is 44.0 Å². The number of anilines is 5. The molecule has 28 nitrogen and oxygen atoms in total. The molecule has 6 aliphatic heterocycles. The Morgan fingerprint density at radius 2 is 0.912 bits per heavy atom. The predicted octanol–water partition coefficient (Wildman–Crippen LogP) is 13.2. The van der Waals surface area contributed by atoms with E-state index in [1.165, 1.54) is 48.3 Å². The fourth-order valence-corrected chi connectivity index (χ4v) is 13.7. The Labute approximate surface area is 593 Å². The van der Waals surface area contributed by atoms with Crippen LogP contribution in [0.3, 0.4) is 0 Å². The number of aliphatic imine (C=N–C) groups is 1. The number of imide groups is 1. The number of piperidine rings is 3. The van der Waals surface area contributed by atoms with Crippen molar-refractivity contribution >= 4 is 87.1 Å². The van der Waals surface area contributed by atoms with Crippen LogP contribution in [0.5, 0.6) is 0 Å². The first-order valence-corrected chi connectivity index (χ1v) is 34.1. The van der Waals surface area contributed by atoms with E-state index < -0.39 is 31.9 Å². The number of carbonyl (C=O) groups excluding carboxylic acids is 6. The molecule has 7 amide bonds. The summed E-state index contributed by atoms with van der Waals surface area (Å²) in [7, 11) is 0. The van der Waals surface area contributed by atoms with Crippen molar-refractivity contribution in [3.05, 3.63) is 191 Å². The molecule has 0 unspecified atom stereocenters. The summed E-state index contributed by atoms with van der Waals surface area (Å²) in [6.45, 7) is 24.0. The number of non-ortho nitro benzene ring substituents is 3. The SMILES string of the molecule is CC#N.Cc1cccc(C(C)C)c1N=C=O.Cc1cccc(C(C)C)c1NC(=O)N1NC(=O)CC12CCN(c1ccc([N+](=O)[O-])cc1)CC2.Cc1cccc(C(C)C)c1NC(=O)N1NC2(CCN(c3ccc([N+](=O)[O-])cc3)CC2)CC1=O.O=C1CC2(CCN(c3ccc([N+](=O)[O-])cc3)CC2)NN1. The number of para-hydroxylation sites is 3. The Morgan fingerprint density at radius 3 is 1.29 bits per heavy atom. The summed E-state index contributed by atoms with van der Waals surface area (Å²) >= 11 is 0. The monoisotopic (exact) mass is 1390 g/mol. The summed E-state index contributed by atoms with van der Waals surface area (Å²) in [6, 6.07) is 38.3. The number of carbonyl (C=O) groups is 5. The number of benzene rings is 6. The number of nitrogens with zero attached hydrogens (tertiary/aromatic N) is 10. The minimum Gasteiger partial charge on any atom is -0.371 e. The van der Waals surface area contributed by atoms with Gasteiger partial charge in [-0.25, -0.2) is 30.2 Å². The molecule has 12 rings (SSSR count). The predicted molar refractivity (Wildman–Crippen MR) is 390 cm³/mol. The molecule has 0 bridgehead atoms. The van der Waals surface area contributed by atoms with Gasteiger partial charge in [0.2, 0.25) is 23.8 Å². The van der Waals surface area contributed by atoms with E-state index in [1.807, 2.05) is 75.4 Å². The topological polar surface area (TPSA) is 356 Å². The van der Waals surface area contributed by atoms with Crippen LogP contribution in [0, 0.1) is 62.4 Å². The smallest absolute Gasteiger partial charge is 0.343 e. The number of nitrogens with one attached hydrogen (secondary N) is 6. The number of nitro groups is 3. The number of rotatable bonds is 12. The molecular formula is C74H90N16O12. The zero-order chi connectivity index (χ0) is 74.2. The number of nitro benzene ring substituents is 3. The number of hydrogen-bond acceptors (Lipinski definition) is 19. The van der Waals surface area contributed by atoms with Gasteiger partial charge in [-0.05, 0) is 147 Å². The standard InChI is InChI=1S/2C24H29N5O4.C13H16N4O3.C11H13NO.C2H3N/c1-16(2)20-6-4-5-17(3)22(20)25-23(31)28-21(30)15-24(26-28)11-13-27(14-12-24)18-7-9-19(10-8-18)29(32)33;1-16(2)20-6-4-5-17(3)22(20)25-23(31)28-24(15-21(30)26-28)11-13-27(14-12-24)18-7-9-19(10-8-18)29(32)33;18-12-9-13(15-14-12)5-7-16(8-6-13)10-1-3-11(4-2-10)17(19)20;1-8(2)10-6-4-5-9(3)11(10)12-7-13;1-2-3/h4-10,16,26H,11-15H2,1-3H3,(H,25,31);4-10,16H,11-15H2,1-3H3,(H,25,31)(H,26,30);1-4,15H,5-9H2,(H,14,18);4-6,8H,1-3H3;1H3. The fraction of sp³-hybridized carbons (Fsp3) is 0.419. The third-order valence-corrected chi connectivity index (χ3v) is 19.4. The maximum Gasteiger partial charge on any atom is 0.343 e. The summed E-state index contributed by atoms with van der Waals surface area (Å²) in [4.78, 5) is 114. The van der Waals surface area contributed by atoms with E-state index in [1.54, 1.807) is 48.5 Å². The summed E-state index contributed by atoms with van der Waals surface area (Å²) in [5.41, 5.74) is 22.0. The Hall–Kier alpha value is -11.1. The molecule has 102 heavy (non-hydrogen) atoms. The summed E-state index contributed by atoms with van der Waals surface area (Å²) < 4.78 is 0. The van der Waals surface area contributed by atoms with Crippen LogP contribution < -0.4 is 47.0 Å². The zero-order valence-corrected chi connectivity index (χ0v) is 59.3. The summed E-state index contributed by atoms with van der Waals surface area (Å²) in [5.74, 6) is 0.504. The van der Waals surface area contributed by atoms with Crippen molar-refractivity contribution in [3.8, 4) is 6.07 Å². The molecule has 0 aliphatic carbocycles. The van der Waals surface area contributed by atoms with Crippen LogP contribution in [0.1, 0.15) is 157 Å². The quantitative estimate of drug-likeness (QED) is 0.0287. The third kappa shape index (κ3) is 18.6. The number of hydrazine groups is 3. The molecule has 6 N–H and O–H groups in total. The Morgan fingerprint density at radius 1 is 0.529 bits per heavy atom. The van der Waals surface area contributed by atoms with E-state index in [4.69, 9.17) is 5.26 Å². The molecule has 6 heterocycles. The highest BCUT2D eigenvalue weighted by molar-refractivity contribution is 6.03. The third-order valence-electron chi connectivity index (χ3n) is 19.4. The van der Waals surface area contributed by atoms with Gasteiger partial charge in [-0.1, -0.05) is 96.1 Å². The molecular weight excluding hydrogens is 1300 g/mol. The number of nitriles is 1. The summed E-state index contributed by atoms with van der Waals surface area (Å²) in [6.07, 6.45) is 6.99. The first-order chi connectivity index (χ1) is 48.5. The van der Waals surface area contributed by atoms with Crippen LogP contribution in [-0.2, 0) is 19.2 Å². The van der Waals surface area contributed by atoms with E-state index in [0.29, 0.717) is 64.2 Å². The van der Waals surface area contributed by atoms with Crippen molar-refractivity contribution in [3.63, 3.8) is 0 Å². The summed E-state index contributed by atoms with van der Waals surface area (Å²) in [5, 5.41) is 48.3. The van der Waals surface area contributed by atoms with Gasteiger partial charge >= 0.3 is 12.1 Å². The lowest BCUT2D eigenvalue weighted by atomic mass is 9.84. The number of hydrogen-bond donors (Lipinski definition) is 6. The van der Waals surface area contributed by atoms with Gasteiger partial charge in [0.25, 0.3) is 17.1 Å². The molecule has 0 radical (unpaired) electrons. The average Bonchev–Trinajstić information content (AvgIpc) is 1.60. The highest BCUT2D eigenvalue weighted by Gasteiger charge is 2.51. The van der Waals surface area contributed by atoms with Crippen LogP contribution in [-0.4, -0.2) is 117 Å². The lowest BCUT2D eigenvalue weighted by molar-refractivity contribution is -0.385. The van der Waals surface area contributed by atoms with Crippen molar-refractivity contribution in [2.75, 3.05) is 64.6 Å². The van der Waals surface area contributed by atoms with Gasteiger partial charge in [0, 0.05) is 129 Å². The largest absolute Gasteiger partial charge is 0.371 e. The number of isocyanates is 1. The highest BCUT2D eigenvalue weighted by Crippen LogP contribution is 2.40. The lowest BCUT2D eigenvalue weighted by Gasteiger charge is -2.44. The second-order valence-electron chi connectivity index (χ2n) is 27.3. The van der Waals surface area contributed by atoms with Gasteiger partial charge < -0.3 is 25.3 Å². The van der Waals surface area contributed by atoms with Gasteiger partial charge in [0.15, 0.2) is 0 Å². The molecule has 6 aromatic rings. The minimum absolute atomic E-state index is 0.0498. The maximum atomic E-state index is 13.3. The molecule has 28 heteroatoms. The number of amides is 7. The van der Waals surface area contributed by atoms with E-state index in [9.17, 15) is 59.1 Å². The van der Waals surface area contributed by atoms with Gasteiger partial charge in [-0.2, -0.15) is 15.3 Å².